The first-order valence-electron chi connectivity index (χ1n) is 5.83. The van der Waals surface area contributed by atoms with Gasteiger partial charge < -0.3 is 10.1 Å². The number of carbonyl (C=O) groups excluding carboxylic acids is 1. The zero-order valence-corrected chi connectivity index (χ0v) is 12.6. The van der Waals surface area contributed by atoms with Gasteiger partial charge in [0.05, 0.1) is 5.60 Å². The van der Waals surface area contributed by atoms with E-state index in [2.05, 4.69) is 21.2 Å². The lowest BCUT2D eigenvalue weighted by Crippen LogP contribution is -2.41. The van der Waals surface area contributed by atoms with E-state index in [1.807, 2.05) is 6.92 Å². The Labute approximate surface area is 119 Å². The predicted octanol–water partition coefficient (Wildman–Crippen LogP) is 3.27. The molecule has 0 unspecified atom stereocenters. The summed E-state index contributed by atoms with van der Waals surface area (Å²) in [7, 11) is 0. The summed E-state index contributed by atoms with van der Waals surface area (Å²) in [6, 6.07) is 2.09. The molecule has 1 aromatic carbocycles. The number of carbonyl (C=O) groups is 1. The normalized spacial score (nSPS) is 11.5. The molecule has 1 amide bonds. The van der Waals surface area contributed by atoms with E-state index < -0.39 is 28.7 Å². The molecule has 1 rings (SSSR count). The Kier molecular flexibility index (Phi) is 5.43. The van der Waals surface area contributed by atoms with E-state index >= 15 is 0 Å². The van der Waals surface area contributed by atoms with Crippen molar-refractivity contribution in [2.45, 2.75) is 26.4 Å². The van der Waals surface area contributed by atoms with Crippen LogP contribution in [0.25, 0.3) is 0 Å². The Morgan fingerprint density at radius 1 is 1.37 bits per heavy atom. The minimum absolute atomic E-state index is 0.161. The summed E-state index contributed by atoms with van der Waals surface area (Å²) in [5, 5.41) is 2.47. The summed E-state index contributed by atoms with van der Waals surface area (Å²) in [6.45, 7) is 6.05. The summed E-state index contributed by atoms with van der Waals surface area (Å²) in [6.07, 6.45) is 0. The molecule has 106 valence electrons. The fraction of sp³-hybridized carbons (Fsp3) is 0.462. The predicted molar refractivity (Wildman–Crippen MR) is 72.1 cm³/mol. The molecular formula is C13H16BrF2NO2. The molecule has 0 fully saturated rings. The molecule has 1 aromatic rings. The van der Waals surface area contributed by atoms with Crippen molar-refractivity contribution in [2.75, 3.05) is 13.2 Å². The van der Waals surface area contributed by atoms with E-state index in [1.165, 1.54) is 0 Å². The van der Waals surface area contributed by atoms with Crippen LogP contribution in [0.3, 0.4) is 0 Å². The Morgan fingerprint density at radius 2 is 1.89 bits per heavy atom. The maximum absolute atomic E-state index is 13.6. The number of hydrogen-bond acceptors (Lipinski definition) is 2. The summed E-state index contributed by atoms with van der Waals surface area (Å²) >= 11 is 2.96. The molecule has 6 heteroatoms. The number of benzene rings is 1. The van der Waals surface area contributed by atoms with Gasteiger partial charge in [-0.05, 0) is 32.9 Å². The third-order valence-electron chi connectivity index (χ3n) is 2.44. The van der Waals surface area contributed by atoms with E-state index in [0.717, 1.165) is 12.1 Å². The van der Waals surface area contributed by atoms with Crippen LogP contribution in [0, 0.1) is 11.6 Å². The summed E-state index contributed by atoms with van der Waals surface area (Å²) in [5.41, 5.74) is -1.18. The van der Waals surface area contributed by atoms with Crippen molar-refractivity contribution >= 4 is 21.8 Å². The second kappa shape index (κ2) is 6.43. The molecule has 0 aliphatic carbocycles. The van der Waals surface area contributed by atoms with Crippen LogP contribution in [0.1, 0.15) is 31.1 Å². The quantitative estimate of drug-likeness (QED) is 0.896. The van der Waals surface area contributed by atoms with Crippen LogP contribution in [-0.2, 0) is 4.74 Å². The second-order valence-corrected chi connectivity index (χ2v) is 5.54. The molecule has 0 aromatic heterocycles. The Hall–Kier alpha value is -1.01. The Bertz CT molecular complexity index is 455. The van der Waals surface area contributed by atoms with Gasteiger partial charge in [-0.2, -0.15) is 0 Å². The summed E-state index contributed by atoms with van der Waals surface area (Å²) < 4.78 is 32.8. The molecule has 0 bridgehead atoms. The largest absolute Gasteiger partial charge is 0.374 e. The minimum atomic E-state index is -0.904. The molecule has 0 heterocycles. The van der Waals surface area contributed by atoms with Gasteiger partial charge in [0.2, 0.25) is 0 Å². The SMILES string of the molecule is CCOC(C)(C)CNC(=O)c1c(F)cc(Br)cc1F. The van der Waals surface area contributed by atoms with Crippen molar-refractivity contribution in [1.82, 2.24) is 5.32 Å². The fourth-order valence-electron chi connectivity index (χ4n) is 1.58. The number of ether oxygens (including phenoxy) is 1. The number of nitrogens with one attached hydrogen (secondary N) is 1. The van der Waals surface area contributed by atoms with Gasteiger partial charge in [-0.25, -0.2) is 8.78 Å². The topological polar surface area (TPSA) is 38.3 Å². The average Bonchev–Trinajstić information content (AvgIpc) is 2.25. The first-order chi connectivity index (χ1) is 8.76. The minimum Gasteiger partial charge on any atom is -0.374 e. The molecule has 0 aliphatic rings. The first-order valence-corrected chi connectivity index (χ1v) is 6.63. The zero-order chi connectivity index (χ0) is 14.6. The van der Waals surface area contributed by atoms with Crippen LogP contribution in [0.2, 0.25) is 0 Å². The molecular weight excluding hydrogens is 320 g/mol. The Balaban J connectivity index is 2.80. The van der Waals surface area contributed by atoms with Crippen LogP contribution >= 0.6 is 15.9 Å². The van der Waals surface area contributed by atoms with Crippen LogP contribution in [-0.4, -0.2) is 24.7 Å². The molecule has 0 saturated heterocycles. The highest BCUT2D eigenvalue weighted by molar-refractivity contribution is 9.10. The van der Waals surface area contributed by atoms with Gasteiger partial charge in [-0.15, -0.1) is 0 Å². The highest BCUT2D eigenvalue weighted by Crippen LogP contribution is 2.19. The maximum Gasteiger partial charge on any atom is 0.257 e. The van der Waals surface area contributed by atoms with E-state index in [4.69, 9.17) is 4.74 Å². The lowest BCUT2D eigenvalue weighted by atomic mass is 10.1. The smallest absolute Gasteiger partial charge is 0.257 e. The van der Waals surface area contributed by atoms with Gasteiger partial charge in [0.15, 0.2) is 0 Å². The molecule has 0 saturated carbocycles. The van der Waals surface area contributed by atoms with Crippen molar-refractivity contribution in [3.8, 4) is 0 Å². The van der Waals surface area contributed by atoms with Gasteiger partial charge in [-0.3, -0.25) is 4.79 Å². The number of hydrogen-bond donors (Lipinski definition) is 1. The molecule has 0 aliphatic heterocycles. The molecule has 19 heavy (non-hydrogen) atoms. The summed E-state index contributed by atoms with van der Waals surface area (Å²) in [4.78, 5) is 11.8. The standard InChI is InChI=1S/C13H16BrF2NO2/c1-4-19-13(2,3)7-17-12(18)11-9(15)5-8(14)6-10(11)16/h5-6H,4,7H2,1-3H3,(H,17,18). The van der Waals surface area contributed by atoms with Crippen molar-refractivity contribution in [1.29, 1.82) is 0 Å². The number of halogens is 3. The molecule has 0 spiro atoms. The number of amides is 1. The van der Waals surface area contributed by atoms with Gasteiger partial charge >= 0.3 is 0 Å². The molecule has 0 radical (unpaired) electrons. The van der Waals surface area contributed by atoms with Crippen LogP contribution in [0.4, 0.5) is 8.78 Å². The Morgan fingerprint density at radius 3 is 2.37 bits per heavy atom. The van der Waals surface area contributed by atoms with Crippen molar-refractivity contribution in [3.63, 3.8) is 0 Å². The molecule has 1 N–H and O–H groups in total. The number of rotatable bonds is 5. The van der Waals surface area contributed by atoms with Crippen molar-refractivity contribution in [3.05, 3.63) is 33.8 Å². The summed E-state index contributed by atoms with van der Waals surface area (Å²) in [5.74, 6) is -2.60. The third kappa shape index (κ3) is 4.54. The van der Waals surface area contributed by atoms with E-state index in [1.54, 1.807) is 13.8 Å². The first kappa shape index (κ1) is 16.0. The highest BCUT2D eigenvalue weighted by atomic mass is 79.9. The van der Waals surface area contributed by atoms with Crippen molar-refractivity contribution < 1.29 is 18.3 Å². The molecule has 0 atom stereocenters. The fourth-order valence-corrected chi connectivity index (χ4v) is 1.98. The van der Waals surface area contributed by atoms with Crippen LogP contribution in [0.15, 0.2) is 16.6 Å². The second-order valence-electron chi connectivity index (χ2n) is 4.62. The lowest BCUT2D eigenvalue weighted by molar-refractivity contribution is -0.00821. The highest BCUT2D eigenvalue weighted by Gasteiger charge is 2.22. The van der Waals surface area contributed by atoms with E-state index in [-0.39, 0.29) is 11.0 Å². The monoisotopic (exact) mass is 335 g/mol. The van der Waals surface area contributed by atoms with E-state index in [0.29, 0.717) is 6.61 Å². The average molecular weight is 336 g/mol. The third-order valence-corrected chi connectivity index (χ3v) is 2.90. The zero-order valence-electron chi connectivity index (χ0n) is 11.0. The van der Waals surface area contributed by atoms with Crippen molar-refractivity contribution in [2.24, 2.45) is 0 Å². The van der Waals surface area contributed by atoms with Gasteiger partial charge in [0.1, 0.15) is 17.2 Å². The maximum atomic E-state index is 13.6. The van der Waals surface area contributed by atoms with E-state index in [9.17, 15) is 13.6 Å². The lowest BCUT2D eigenvalue weighted by Gasteiger charge is -2.24. The van der Waals surface area contributed by atoms with Gasteiger partial charge in [-0.1, -0.05) is 15.9 Å². The molecule has 3 nitrogen and oxygen atoms in total. The van der Waals surface area contributed by atoms with Gasteiger partial charge in [0.25, 0.3) is 5.91 Å². The van der Waals surface area contributed by atoms with Crippen LogP contribution < -0.4 is 5.32 Å². The van der Waals surface area contributed by atoms with Crippen LogP contribution in [0.5, 0.6) is 0 Å². The van der Waals surface area contributed by atoms with Gasteiger partial charge in [0, 0.05) is 17.6 Å².